The first-order valence-electron chi connectivity index (χ1n) is 6.21. The maximum atomic E-state index is 9.77. The highest BCUT2D eigenvalue weighted by Gasteiger charge is 2.35. The van der Waals surface area contributed by atoms with Crippen molar-refractivity contribution >= 4 is 17.0 Å². The molecule has 0 saturated carbocycles. The number of anilines is 1. The second-order valence-corrected chi connectivity index (χ2v) is 4.50. The lowest BCUT2D eigenvalue weighted by atomic mass is 10.2. The molecule has 9 nitrogen and oxygen atoms in total. The highest BCUT2D eigenvalue weighted by atomic mass is 16.5. The third-order valence-corrected chi connectivity index (χ3v) is 3.30. The van der Waals surface area contributed by atoms with E-state index in [2.05, 4.69) is 20.3 Å². The molecule has 0 aromatic carbocycles. The molecule has 20 heavy (non-hydrogen) atoms. The van der Waals surface area contributed by atoms with Crippen LogP contribution in [0.15, 0.2) is 12.7 Å². The molecule has 0 spiro atoms. The molecular formula is C11H15N5O4. The molecule has 4 N–H and O–H groups in total. The second-order valence-electron chi connectivity index (χ2n) is 4.50. The van der Waals surface area contributed by atoms with E-state index in [1.54, 1.807) is 10.9 Å². The molecule has 3 heterocycles. The smallest absolute Gasteiger partial charge is 0.167 e. The predicted molar refractivity (Wildman–Crippen MR) is 67.7 cm³/mol. The van der Waals surface area contributed by atoms with Crippen LogP contribution in [0.25, 0.3) is 11.2 Å². The Labute approximate surface area is 113 Å². The molecular weight excluding hydrogens is 266 g/mol. The standard InChI is InChI=1S/C11H15N5O4/c17-2-7-6(19)1-8(20-7)16-4-14-9-10(15-5-18)12-3-13-11(9)16/h3-4,6-8,17-19H,1-2,5H2,(H,12,13,15)/t6-,7+,8+/m0/s1. The van der Waals surface area contributed by atoms with E-state index in [-0.39, 0.29) is 13.3 Å². The monoisotopic (exact) mass is 281 g/mol. The Bertz CT molecular complexity index is 604. The van der Waals surface area contributed by atoms with Crippen LogP contribution in [0.1, 0.15) is 12.6 Å². The van der Waals surface area contributed by atoms with Gasteiger partial charge in [0.1, 0.15) is 25.4 Å². The SMILES string of the molecule is OCNc1ncnc2c1ncn2[C@H]1C[C@H](O)[C@@H](CO)O1. The topological polar surface area (TPSA) is 126 Å². The lowest BCUT2D eigenvalue weighted by Crippen LogP contribution is -2.24. The van der Waals surface area contributed by atoms with Gasteiger partial charge >= 0.3 is 0 Å². The molecule has 0 unspecified atom stereocenters. The van der Waals surface area contributed by atoms with Crippen molar-refractivity contribution in [1.29, 1.82) is 0 Å². The van der Waals surface area contributed by atoms with E-state index in [4.69, 9.17) is 14.9 Å². The number of hydrogen-bond acceptors (Lipinski definition) is 8. The molecule has 9 heteroatoms. The van der Waals surface area contributed by atoms with Crippen LogP contribution in [0.4, 0.5) is 5.82 Å². The Hall–Kier alpha value is -1.81. The number of aliphatic hydroxyl groups is 3. The number of ether oxygens (including phenoxy) is 1. The highest BCUT2D eigenvalue weighted by Crippen LogP contribution is 2.31. The van der Waals surface area contributed by atoms with Gasteiger partial charge in [-0.25, -0.2) is 15.0 Å². The Morgan fingerprint density at radius 2 is 2.20 bits per heavy atom. The summed E-state index contributed by atoms with van der Waals surface area (Å²) in [5.41, 5.74) is 1.04. The van der Waals surface area contributed by atoms with Crippen molar-refractivity contribution in [2.45, 2.75) is 24.9 Å². The quantitative estimate of drug-likeness (QED) is 0.516. The van der Waals surface area contributed by atoms with E-state index in [0.717, 1.165) is 0 Å². The first-order chi connectivity index (χ1) is 9.74. The summed E-state index contributed by atoms with van der Waals surface area (Å²) < 4.78 is 7.25. The molecule has 0 aliphatic carbocycles. The Morgan fingerprint density at radius 3 is 2.90 bits per heavy atom. The summed E-state index contributed by atoms with van der Waals surface area (Å²) in [5.74, 6) is 0.425. The predicted octanol–water partition coefficient (Wildman–Crippen LogP) is -1.17. The molecule has 2 aromatic heterocycles. The van der Waals surface area contributed by atoms with E-state index in [1.165, 1.54) is 6.33 Å². The van der Waals surface area contributed by atoms with Crippen LogP contribution < -0.4 is 5.32 Å². The van der Waals surface area contributed by atoms with Crippen molar-refractivity contribution in [3.63, 3.8) is 0 Å². The zero-order valence-electron chi connectivity index (χ0n) is 10.5. The fourth-order valence-electron chi connectivity index (χ4n) is 2.32. The molecule has 0 amide bonds. The van der Waals surface area contributed by atoms with E-state index < -0.39 is 18.4 Å². The molecule has 2 aromatic rings. The van der Waals surface area contributed by atoms with Crippen molar-refractivity contribution in [2.75, 3.05) is 18.7 Å². The minimum atomic E-state index is -0.723. The Kier molecular flexibility index (Phi) is 3.49. The van der Waals surface area contributed by atoms with Gasteiger partial charge in [0, 0.05) is 6.42 Å². The maximum Gasteiger partial charge on any atom is 0.167 e. The molecule has 3 atom stereocenters. The largest absolute Gasteiger partial charge is 0.394 e. The summed E-state index contributed by atoms with van der Waals surface area (Å²) in [5, 5.41) is 30.5. The fourth-order valence-corrected chi connectivity index (χ4v) is 2.32. The number of nitrogens with zero attached hydrogens (tertiary/aromatic N) is 4. The molecule has 1 aliphatic heterocycles. The third-order valence-electron chi connectivity index (χ3n) is 3.30. The summed E-state index contributed by atoms with van der Waals surface area (Å²) in [7, 11) is 0. The van der Waals surface area contributed by atoms with Crippen molar-refractivity contribution < 1.29 is 20.1 Å². The van der Waals surface area contributed by atoms with Crippen molar-refractivity contribution in [1.82, 2.24) is 19.5 Å². The van der Waals surface area contributed by atoms with Gasteiger partial charge < -0.3 is 25.4 Å². The van der Waals surface area contributed by atoms with E-state index in [9.17, 15) is 5.11 Å². The van der Waals surface area contributed by atoms with Gasteiger partial charge in [0.05, 0.1) is 19.0 Å². The van der Waals surface area contributed by atoms with Crippen LogP contribution in [0, 0.1) is 0 Å². The lowest BCUT2D eigenvalue weighted by molar-refractivity contribution is -0.0432. The zero-order valence-corrected chi connectivity index (χ0v) is 10.5. The Balaban J connectivity index is 1.95. The van der Waals surface area contributed by atoms with Gasteiger partial charge in [-0.2, -0.15) is 0 Å². The molecule has 1 aliphatic rings. The Morgan fingerprint density at radius 1 is 1.35 bits per heavy atom. The molecule has 108 valence electrons. The normalized spacial score (nSPS) is 26.2. The minimum Gasteiger partial charge on any atom is -0.394 e. The number of hydrogen-bond donors (Lipinski definition) is 4. The van der Waals surface area contributed by atoms with Crippen LogP contribution in [0.2, 0.25) is 0 Å². The van der Waals surface area contributed by atoms with Crippen molar-refractivity contribution in [2.24, 2.45) is 0 Å². The summed E-state index contributed by atoms with van der Waals surface area (Å²) in [4.78, 5) is 12.3. The molecule has 0 bridgehead atoms. The van der Waals surface area contributed by atoms with Gasteiger partial charge in [0.2, 0.25) is 0 Å². The fraction of sp³-hybridized carbons (Fsp3) is 0.545. The maximum absolute atomic E-state index is 9.77. The van der Waals surface area contributed by atoms with Crippen LogP contribution in [-0.2, 0) is 4.74 Å². The van der Waals surface area contributed by atoms with Gasteiger partial charge in [0.25, 0.3) is 0 Å². The van der Waals surface area contributed by atoms with Gasteiger partial charge in [-0.3, -0.25) is 4.57 Å². The van der Waals surface area contributed by atoms with Gasteiger partial charge in [0.15, 0.2) is 17.0 Å². The summed E-state index contributed by atoms with van der Waals surface area (Å²) in [6.07, 6.45) is 1.48. The second kappa shape index (κ2) is 5.29. The lowest BCUT2D eigenvalue weighted by Gasteiger charge is -2.13. The number of aliphatic hydroxyl groups excluding tert-OH is 3. The highest BCUT2D eigenvalue weighted by molar-refractivity contribution is 5.82. The van der Waals surface area contributed by atoms with Crippen LogP contribution in [-0.4, -0.2) is 60.4 Å². The van der Waals surface area contributed by atoms with E-state index >= 15 is 0 Å². The van der Waals surface area contributed by atoms with E-state index in [1.807, 2.05) is 0 Å². The van der Waals surface area contributed by atoms with Crippen LogP contribution in [0.3, 0.4) is 0 Å². The van der Waals surface area contributed by atoms with E-state index in [0.29, 0.717) is 23.4 Å². The van der Waals surface area contributed by atoms with Gasteiger partial charge in [-0.05, 0) is 0 Å². The molecule has 1 fully saturated rings. The molecule has 1 saturated heterocycles. The summed E-state index contributed by atoms with van der Waals surface area (Å²) >= 11 is 0. The van der Waals surface area contributed by atoms with Crippen molar-refractivity contribution in [3.05, 3.63) is 12.7 Å². The zero-order chi connectivity index (χ0) is 14.1. The van der Waals surface area contributed by atoms with Crippen molar-refractivity contribution in [3.8, 4) is 0 Å². The van der Waals surface area contributed by atoms with Gasteiger partial charge in [-0.1, -0.05) is 0 Å². The number of imidazole rings is 1. The number of aromatic nitrogens is 4. The third kappa shape index (κ3) is 2.10. The summed E-state index contributed by atoms with van der Waals surface area (Å²) in [6, 6.07) is 0. The first-order valence-corrected chi connectivity index (χ1v) is 6.21. The number of rotatable bonds is 4. The molecule has 0 radical (unpaired) electrons. The minimum absolute atomic E-state index is 0.239. The van der Waals surface area contributed by atoms with Crippen LogP contribution >= 0.6 is 0 Å². The average molecular weight is 281 g/mol. The average Bonchev–Trinajstić information content (AvgIpc) is 3.03. The molecule has 3 rings (SSSR count). The van der Waals surface area contributed by atoms with Crippen LogP contribution in [0.5, 0.6) is 0 Å². The summed E-state index contributed by atoms with van der Waals surface area (Å²) in [6.45, 7) is -0.499. The number of nitrogens with one attached hydrogen (secondary N) is 1. The van der Waals surface area contributed by atoms with Gasteiger partial charge in [-0.15, -0.1) is 0 Å². The number of fused-ring (bicyclic) bond motifs is 1. The first kappa shape index (κ1) is 13.2.